The van der Waals surface area contributed by atoms with Gasteiger partial charge in [0.25, 0.3) is 0 Å². The Kier molecular flexibility index (Phi) is 7.23. The fraction of sp³-hybridized carbons (Fsp3) is 0.381. The van der Waals surface area contributed by atoms with Gasteiger partial charge in [-0.3, -0.25) is 4.79 Å². The van der Waals surface area contributed by atoms with Gasteiger partial charge >= 0.3 is 0 Å². The highest BCUT2D eigenvalue weighted by Crippen LogP contribution is 2.33. The third kappa shape index (κ3) is 5.12. The molecule has 0 saturated carbocycles. The van der Waals surface area contributed by atoms with Crippen LogP contribution in [0.4, 0.5) is 5.69 Å². The number of hydrogen-bond acceptors (Lipinski definition) is 7. The largest absolute Gasteiger partial charge is 0.492 e. The molecule has 3 rings (SSSR count). The molecule has 2 aromatic rings. The van der Waals surface area contributed by atoms with Crippen LogP contribution in [0.3, 0.4) is 0 Å². The van der Waals surface area contributed by atoms with Crippen LogP contribution in [-0.4, -0.2) is 60.6 Å². The number of amides is 1. The molecule has 1 amide bonds. The van der Waals surface area contributed by atoms with E-state index in [9.17, 15) is 21.6 Å². The summed E-state index contributed by atoms with van der Waals surface area (Å²) >= 11 is 0. The van der Waals surface area contributed by atoms with E-state index in [2.05, 4.69) is 4.72 Å². The van der Waals surface area contributed by atoms with Gasteiger partial charge in [-0.15, -0.1) is 0 Å². The second kappa shape index (κ2) is 9.57. The predicted molar refractivity (Wildman–Crippen MR) is 122 cm³/mol. The first-order chi connectivity index (χ1) is 15.1. The minimum atomic E-state index is -4.09. The summed E-state index contributed by atoms with van der Waals surface area (Å²) in [4.78, 5) is 13.8. The maximum atomic E-state index is 13.2. The summed E-state index contributed by atoms with van der Waals surface area (Å²) < 4.78 is 59.8. The SMILES string of the molecule is CCOc1ccc(N2C(=O)CCS2(=O)=O)cc1S(=O)(=O)NCC(c1ccccc1)N(C)C. The van der Waals surface area contributed by atoms with E-state index in [-0.39, 0.29) is 47.7 Å². The average molecular weight is 482 g/mol. The van der Waals surface area contributed by atoms with E-state index in [0.29, 0.717) is 4.31 Å². The first-order valence-electron chi connectivity index (χ1n) is 10.1. The zero-order valence-corrected chi connectivity index (χ0v) is 19.8. The van der Waals surface area contributed by atoms with Crippen molar-refractivity contribution in [2.45, 2.75) is 24.3 Å². The number of nitrogens with one attached hydrogen (secondary N) is 1. The Labute approximate surface area is 189 Å². The fourth-order valence-electron chi connectivity index (χ4n) is 3.52. The molecule has 1 unspecified atom stereocenters. The fourth-order valence-corrected chi connectivity index (χ4v) is 6.17. The molecule has 2 aromatic carbocycles. The number of nitrogens with zero attached hydrogens (tertiary/aromatic N) is 2. The molecule has 1 N–H and O–H groups in total. The number of benzene rings is 2. The summed E-state index contributed by atoms with van der Waals surface area (Å²) in [7, 11) is -4.22. The lowest BCUT2D eigenvalue weighted by Crippen LogP contribution is -2.35. The summed E-state index contributed by atoms with van der Waals surface area (Å²) in [6.45, 7) is 2.01. The smallest absolute Gasteiger partial charge is 0.244 e. The number of carbonyl (C=O) groups is 1. The molecular weight excluding hydrogens is 454 g/mol. The number of rotatable bonds is 9. The quantitative estimate of drug-likeness (QED) is 0.580. The highest BCUT2D eigenvalue weighted by Gasteiger charge is 2.37. The van der Waals surface area contributed by atoms with E-state index >= 15 is 0 Å². The molecule has 1 fully saturated rings. The minimum absolute atomic E-state index is 0.0245. The van der Waals surface area contributed by atoms with Gasteiger partial charge < -0.3 is 9.64 Å². The van der Waals surface area contributed by atoms with Crippen molar-refractivity contribution in [1.82, 2.24) is 9.62 Å². The van der Waals surface area contributed by atoms with Crippen molar-refractivity contribution in [3.63, 3.8) is 0 Å². The van der Waals surface area contributed by atoms with Crippen molar-refractivity contribution in [3.8, 4) is 5.75 Å². The lowest BCUT2D eigenvalue weighted by molar-refractivity contribution is -0.116. The van der Waals surface area contributed by atoms with Crippen molar-refractivity contribution in [2.24, 2.45) is 0 Å². The summed E-state index contributed by atoms with van der Waals surface area (Å²) in [5.41, 5.74) is 0.913. The number of anilines is 1. The van der Waals surface area contributed by atoms with Gasteiger partial charge in [0.1, 0.15) is 10.6 Å². The van der Waals surface area contributed by atoms with Crippen molar-refractivity contribution in [2.75, 3.05) is 37.3 Å². The molecule has 174 valence electrons. The Morgan fingerprint density at radius 2 is 1.84 bits per heavy atom. The summed E-state index contributed by atoms with van der Waals surface area (Å²) in [5.74, 6) is -0.822. The summed E-state index contributed by atoms with van der Waals surface area (Å²) in [6, 6.07) is 13.1. The Morgan fingerprint density at radius 1 is 1.16 bits per heavy atom. The molecule has 1 saturated heterocycles. The van der Waals surface area contributed by atoms with Gasteiger partial charge in [-0.25, -0.2) is 25.9 Å². The van der Waals surface area contributed by atoms with Crippen LogP contribution >= 0.6 is 0 Å². The molecule has 1 atom stereocenters. The van der Waals surface area contributed by atoms with Gasteiger partial charge in [-0.2, -0.15) is 0 Å². The molecule has 0 radical (unpaired) electrons. The molecule has 0 spiro atoms. The van der Waals surface area contributed by atoms with Crippen LogP contribution in [0.5, 0.6) is 5.75 Å². The van der Waals surface area contributed by atoms with E-state index in [4.69, 9.17) is 4.74 Å². The van der Waals surface area contributed by atoms with Crippen LogP contribution in [0.15, 0.2) is 53.4 Å². The van der Waals surface area contributed by atoms with Crippen LogP contribution in [-0.2, 0) is 24.8 Å². The first-order valence-corrected chi connectivity index (χ1v) is 13.2. The normalized spacial score (nSPS) is 17.0. The van der Waals surface area contributed by atoms with Gasteiger partial charge in [0.2, 0.25) is 26.0 Å². The average Bonchev–Trinajstić information content (AvgIpc) is 3.01. The number of ether oxygens (including phenoxy) is 1. The molecule has 32 heavy (non-hydrogen) atoms. The molecule has 0 aliphatic carbocycles. The molecular formula is C21H27N3O6S2. The molecule has 0 aromatic heterocycles. The highest BCUT2D eigenvalue weighted by molar-refractivity contribution is 7.94. The third-order valence-corrected chi connectivity index (χ3v) is 8.24. The topological polar surface area (TPSA) is 113 Å². The summed E-state index contributed by atoms with van der Waals surface area (Å²) in [5, 5.41) is 0. The predicted octanol–water partition coefficient (Wildman–Crippen LogP) is 1.73. The summed E-state index contributed by atoms with van der Waals surface area (Å²) in [6.07, 6.45) is -0.141. The number of likely N-dealkylation sites (N-methyl/N-ethyl adjacent to an activating group) is 1. The lowest BCUT2D eigenvalue weighted by atomic mass is 10.1. The Bertz CT molecular complexity index is 1180. The zero-order valence-electron chi connectivity index (χ0n) is 18.2. The van der Waals surface area contributed by atoms with Crippen molar-refractivity contribution in [1.29, 1.82) is 0 Å². The number of carbonyl (C=O) groups excluding carboxylic acids is 1. The Morgan fingerprint density at radius 3 is 2.41 bits per heavy atom. The van der Waals surface area contributed by atoms with Crippen molar-refractivity contribution >= 4 is 31.6 Å². The highest BCUT2D eigenvalue weighted by atomic mass is 32.2. The van der Waals surface area contributed by atoms with Gasteiger partial charge in [0.05, 0.1) is 18.0 Å². The van der Waals surface area contributed by atoms with Crippen LogP contribution in [0, 0.1) is 0 Å². The van der Waals surface area contributed by atoms with Gasteiger partial charge in [-0.1, -0.05) is 30.3 Å². The second-order valence-electron chi connectivity index (χ2n) is 7.53. The van der Waals surface area contributed by atoms with E-state index in [0.717, 1.165) is 5.56 Å². The van der Waals surface area contributed by atoms with Crippen LogP contribution in [0.25, 0.3) is 0 Å². The number of hydrogen-bond donors (Lipinski definition) is 1. The molecule has 0 bridgehead atoms. The molecule has 1 heterocycles. The molecule has 1 aliphatic heterocycles. The Hall–Kier alpha value is -2.47. The van der Waals surface area contributed by atoms with E-state index in [1.807, 2.05) is 49.3 Å². The standard InChI is InChI=1S/C21H27N3O6S2/c1-4-30-19-11-10-17(24-21(25)12-13-31(24,26)27)14-20(19)32(28,29)22-15-18(23(2)3)16-8-6-5-7-9-16/h5-11,14,18,22H,4,12-13,15H2,1-3H3. The third-order valence-electron chi connectivity index (χ3n) is 5.10. The second-order valence-corrected chi connectivity index (χ2v) is 11.2. The van der Waals surface area contributed by atoms with Gasteiger partial charge in [0.15, 0.2) is 0 Å². The van der Waals surface area contributed by atoms with E-state index in [1.54, 1.807) is 6.92 Å². The van der Waals surface area contributed by atoms with Crippen LogP contribution in [0.1, 0.15) is 24.9 Å². The van der Waals surface area contributed by atoms with E-state index in [1.165, 1.54) is 18.2 Å². The van der Waals surface area contributed by atoms with E-state index < -0.39 is 26.0 Å². The van der Waals surface area contributed by atoms with Crippen LogP contribution in [0.2, 0.25) is 0 Å². The van der Waals surface area contributed by atoms with Gasteiger partial charge in [-0.05, 0) is 44.8 Å². The maximum Gasteiger partial charge on any atom is 0.244 e. The van der Waals surface area contributed by atoms with Gasteiger partial charge in [0, 0.05) is 19.0 Å². The lowest BCUT2D eigenvalue weighted by Gasteiger charge is -2.25. The molecule has 1 aliphatic rings. The molecule has 11 heteroatoms. The Balaban J connectivity index is 1.96. The minimum Gasteiger partial charge on any atom is -0.492 e. The van der Waals surface area contributed by atoms with Crippen molar-refractivity contribution in [3.05, 3.63) is 54.1 Å². The monoisotopic (exact) mass is 481 g/mol. The number of sulfonamides is 2. The maximum absolute atomic E-state index is 13.2. The van der Waals surface area contributed by atoms with Crippen molar-refractivity contribution < 1.29 is 26.4 Å². The molecule has 9 nitrogen and oxygen atoms in total. The first kappa shape index (κ1) is 24.2. The van der Waals surface area contributed by atoms with Crippen LogP contribution < -0.4 is 13.8 Å². The zero-order chi connectivity index (χ0) is 23.5.